The van der Waals surface area contributed by atoms with Crippen LogP contribution in [0.3, 0.4) is 0 Å². The standard InChI is InChI=1S/C4H5BrO2.CH2O3/c1-2-3(5)4(6)7;2-1(3)4/h2H,1H3,(H,6,7);(H2,2,3,4). The number of allylic oxidation sites excluding steroid dienone is 1. The lowest BCUT2D eigenvalue weighted by Gasteiger charge is -1.81. The van der Waals surface area contributed by atoms with E-state index >= 15 is 0 Å². The van der Waals surface area contributed by atoms with Gasteiger partial charge in [0.25, 0.3) is 0 Å². The number of carboxylic acid groups (broad SMARTS) is 3. The third-order valence-corrected chi connectivity index (χ3v) is 1.25. The average Bonchev–Trinajstić information content (AvgIpc) is 1.85. The molecule has 0 rings (SSSR count). The van der Waals surface area contributed by atoms with Gasteiger partial charge in [0.2, 0.25) is 0 Å². The maximum absolute atomic E-state index is 9.82. The predicted octanol–water partition coefficient (Wildman–Crippen LogP) is 1.59. The molecule has 0 fully saturated rings. The van der Waals surface area contributed by atoms with Crippen LogP contribution in [0.2, 0.25) is 0 Å². The van der Waals surface area contributed by atoms with Gasteiger partial charge in [0, 0.05) is 0 Å². The zero-order chi connectivity index (χ0) is 9.44. The van der Waals surface area contributed by atoms with Crippen molar-refractivity contribution in [3.05, 3.63) is 10.6 Å². The number of carbonyl (C=O) groups is 2. The van der Waals surface area contributed by atoms with Crippen molar-refractivity contribution in [1.82, 2.24) is 0 Å². The Labute approximate surface area is 71.1 Å². The van der Waals surface area contributed by atoms with Gasteiger partial charge in [-0.3, -0.25) is 0 Å². The fourth-order valence-corrected chi connectivity index (χ4v) is 0.123. The van der Waals surface area contributed by atoms with Crippen LogP contribution in [-0.4, -0.2) is 27.4 Å². The first-order valence-corrected chi connectivity index (χ1v) is 3.18. The molecule has 3 N–H and O–H groups in total. The zero-order valence-corrected chi connectivity index (χ0v) is 7.20. The van der Waals surface area contributed by atoms with E-state index in [2.05, 4.69) is 15.9 Å². The summed E-state index contributed by atoms with van der Waals surface area (Å²) in [6, 6.07) is 0. The first-order chi connectivity index (χ1) is 4.91. The van der Waals surface area contributed by atoms with Crippen LogP contribution in [0.25, 0.3) is 0 Å². The van der Waals surface area contributed by atoms with Gasteiger partial charge in [0.15, 0.2) is 0 Å². The lowest BCUT2D eigenvalue weighted by Crippen LogP contribution is -1.91. The Balaban J connectivity index is 0. The van der Waals surface area contributed by atoms with Crippen LogP contribution in [0, 0.1) is 0 Å². The Morgan fingerprint density at radius 2 is 1.55 bits per heavy atom. The third kappa shape index (κ3) is 17.6. The largest absolute Gasteiger partial charge is 0.503 e. The lowest BCUT2D eigenvalue weighted by molar-refractivity contribution is -0.131. The molecule has 11 heavy (non-hydrogen) atoms. The van der Waals surface area contributed by atoms with Gasteiger partial charge >= 0.3 is 12.1 Å². The Kier molecular flexibility index (Phi) is 8.11. The molecule has 0 spiro atoms. The first-order valence-electron chi connectivity index (χ1n) is 2.38. The Morgan fingerprint density at radius 1 is 1.27 bits per heavy atom. The van der Waals surface area contributed by atoms with Gasteiger partial charge in [-0.2, -0.15) is 0 Å². The van der Waals surface area contributed by atoms with Crippen molar-refractivity contribution in [3.8, 4) is 0 Å². The SMILES string of the molecule is CC=C(Br)C(=O)O.O=C(O)O. The highest BCUT2D eigenvalue weighted by molar-refractivity contribution is 9.12. The van der Waals surface area contributed by atoms with E-state index in [1.807, 2.05) is 0 Å². The zero-order valence-electron chi connectivity index (χ0n) is 5.61. The molecule has 0 saturated heterocycles. The molecule has 0 aromatic carbocycles. The average molecular weight is 227 g/mol. The summed E-state index contributed by atoms with van der Waals surface area (Å²) >= 11 is 2.80. The molecule has 0 aromatic rings. The van der Waals surface area contributed by atoms with Crippen molar-refractivity contribution in [3.63, 3.8) is 0 Å². The minimum absolute atomic E-state index is 0.201. The van der Waals surface area contributed by atoms with Crippen LogP contribution in [0.4, 0.5) is 4.79 Å². The minimum Gasteiger partial charge on any atom is -0.477 e. The molecule has 64 valence electrons. The fraction of sp³-hybridized carbons (Fsp3) is 0.200. The molecule has 0 amide bonds. The van der Waals surface area contributed by atoms with Gasteiger partial charge in [0.1, 0.15) is 0 Å². The second-order valence-electron chi connectivity index (χ2n) is 1.22. The number of rotatable bonds is 1. The second kappa shape index (κ2) is 7.07. The summed E-state index contributed by atoms with van der Waals surface area (Å²) in [5.74, 6) is -0.928. The van der Waals surface area contributed by atoms with E-state index in [9.17, 15) is 4.79 Å². The molecule has 0 aliphatic carbocycles. The van der Waals surface area contributed by atoms with Gasteiger partial charge in [-0.1, -0.05) is 6.08 Å². The topological polar surface area (TPSA) is 94.8 Å². The Hall–Kier alpha value is -1.04. The van der Waals surface area contributed by atoms with E-state index in [1.54, 1.807) is 6.92 Å². The molecule has 0 aliphatic rings. The van der Waals surface area contributed by atoms with E-state index in [1.165, 1.54) is 6.08 Å². The van der Waals surface area contributed by atoms with Gasteiger partial charge in [-0.25, -0.2) is 9.59 Å². The van der Waals surface area contributed by atoms with Crippen molar-refractivity contribution in [2.24, 2.45) is 0 Å². The fourth-order valence-electron chi connectivity index (χ4n) is 0.123. The molecule has 0 heterocycles. The van der Waals surface area contributed by atoms with Crippen LogP contribution < -0.4 is 0 Å². The second-order valence-corrected chi connectivity index (χ2v) is 2.08. The molecule has 0 bridgehead atoms. The van der Waals surface area contributed by atoms with Crippen LogP contribution in [0.1, 0.15) is 6.92 Å². The summed E-state index contributed by atoms with van der Waals surface area (Å²) in [4.78, 5) is 18.4. The molecule has 0 radical (unpaired) electrons. The molecule has 0 saturated carbocycles. The third-order valence-electron chi connectivity index (χ3n) is 0.458. The van der Waals surface area contributed by atoms with E-state index in [4.69, 9.17) is 20.1 Å². The van der Waals surface area contributed by atoms with E-state index in [0.29, 0.717) is 0 Å². The van der Waals surface area contributed by atoms with Gasteiger partial charge in [-0.05, 0) is 22.9 Å². The maximum Gasteiger partial charge on any atom is 0.503 e. The number of halogens is 1. The molecule has 0 atom stereocenters. The molecule has 0 aliphatic heterocycles. The summed E-state index contributed by atoms with van der Waals surface area (Å²) in [6.07, 6.45) is -0.359. The highest BCUT2D eigenvalue weighted by atomic mass is 79.9. The molecule has 0 aromatic heterocycles. The Bertz CT molecular complexity index is 170. The smallest absolute Gasteiger partial charge is 0.477 e. The maximum atomic E-state index is 9.82. The minimum atomic E-state index is -1.83. The normalized spacial score (nSPS) is 9.45. The van der Waals surface area contributed by atoms with Crippen molar-refractivity contribution < 1.29 is 24.9 Å². The highest BCUT2D eigenvalue weighted by Crippen LogP contribution is 2.01. The molecule has 0 unspecified atom stereocenters. The van der Waals surface area contributed by atoms with Crippen molar-refractivity contribution in [2.75, 3.05) is 0 Å². The summed E-state index contributed by atoms with van der Waals surface area (Å²) in [6.45, 7) is 1.65. The van der Waals surface area contributed by atoms with E-state index in [-0.39, 0.29) is 4.48 Å². The quantitative estimate of drug-likeness (QED) is 0.591. The van der Waals surface area contributed by atoms with Crippen LogP contribution in [0.5, 0.6) is 0 Å². The number of hydrogen-bond acceptors (Lipinski definition) is 2. The lowest BCUT2D eigenvalue weighted by atomic mass is 10.5. The molecular formula is C5H7BrO5. The summed E-state index contributed by atoms with van der Waals surface area (Å²) in [5.41, 5.74) is 0. The van der Waals surface area contributed by atoms with Gasteiger partial charge < -0.3 is 15.3 Å². The molecular weight excluding hydrogens is 220 g/mol. The molecule has 6 heteroatoms. The monoisotopic (exact) mass is 226 g/mol. The van der Waals surface area contributed by atoms with Crippen molar-refractivity contribution in [1.29, 1.82) is 0 Å². The summed E-state index contributed by atoms with van der Waals surface area (Å²) in [5, 5.41) is 22.0. The number of carboxylic acids is 1. The first kappa shape index (κ1) is 12.6. The predicted molar refractivity (Wildman–Crippen MR) is 41.0 cm³/mol. The van der Waals surface area contributed by atoms with Crippen LogP contribution in [0.15, 0.2) is 10.6 Å². The summed E-state index contributed by atoms with van der Waals surface area (Å²) < 4.78 is 0.201. The summed E-state index contributed by atoms with van der Waals surface area (Å²) in [7, 11) is 0. The van der Waals surface area contributed by atoms with Crippen molar-refractivity contribution in [2.45, 2.75) is 6.92 Å². The van der Waals surface area contributed by atoms with Gasteiger partial charge in [-0.15, -0.1) is 0 Å². The van der Waals surface area contributed by atoms with E-state index in [0.717, 1.165) is 0 Å². The number of aliphatic carboxylic acids is 1. The van der Waals surface area contributed by atoms with E-state index < -0.39 is 12.1 Å². The van der Waals surface area contributed by atoms with Gasteiger partial charge in [0.05, 0.1) is 4.48 Å². The number of hydrogen-bond donors (Lipinski definition) is 3. The highest BCUT2D eigenvalue weighted by Gasteiger charge is 1.96. The van der Waals surface area contributed by atoms with Crippen molar-refractivity contribution >= 4 is 28.1 Å². The molecule has 5 nitrogen and oxygen atoms in total. The van der Waals surface area contributed by atoms with Crippen LogP contribution >= 0.6 is 15.9 Å². The Morgan fingerprint density at radius 3 is 1.55 bits per heavy atom. The van der Waals surface area contributed by atoms with Crippen LogP contribution in [-0.2, 0) is 4.79 Å².